The fourth-order valence-electron chi connectivity index (χ4n) is 0.963. The molecule has 13 heavy (non-hydrogen) atoms. The van der Waals surface area contributed by atoms with Crippen molar-refractivity contribution < 1.29 is 0 Å². The van der Waals surface area contributed by atoms with Crippen molar-refractivity contribution in [1.29, 1.82) is 0 Å². The molecule has 0 aliphatic heterocycles. The van der Waals surface area contributed by atoms with E-state index in [2.05, 4.69) is 10.9 Å². The molecule has 1 nitrogen and oxygen atoms in total. The van der Waals surface area contributed by atoms with Crippen LogP contribution in [-0.2, 0) is 0 Å². The Morgan fingerprint density at radius 3 is 2.92 bits per heavy atom. The Kier molecular flexibility index (Phi) is 3.48. The fraction of sp³-hybridized carbons (Fsp3) is 0.182. The van der Waals surface area contributed by atoms with Gasteiger partial charge in [0, 0.05) is 5.38 Å². The second-order valence-electron chi connectivity index (χ2n) is 2.50. The first kappa shape index (κ1) is 9.76. The van der Waals surface area contributed by atoms with Crippen LogP contribution in [0, 0.1) is 19.3 Å². The molecule has 66 valence electrons. The highest BCUT2D eigenvalue weighted by Gasteiger charge is 2.00. The van der Waals surface area contributed by atoms with Crippen molar-refractivity contribution in [1.82, 2.24) is 4.98 Å². The first-order valence-corrected chi connectivity index (χ1v) is 4.87. The van der Waals surface area contributed by atoms with Crippen LogP contribution in [0.2, 0.25) is 0 Å². The van der Waals surface area contributed by atoms with Crippen LogP contribution in [0.3, 0.4) is 0 Å². The summed E-state index contributed by atoms with van der Waals surface area (Å²) >= 11 is 1.64. The third kappa shape index (κ3) is 2.57. The third-order valence-corrected chi connectivity index (χ3v) is 2.36. The van der Waals surface area contributed by atoms with Gasteiger partial charge in [0.15, 0.2) is 0 Å². The normalized spacial score (nSPS) is 11.9. The molecule has 1 aromatic heterocycles. The minimum absolute atomic E-state index is 0.997. The van der Waals surface area contributed by atoms with E-state index in [0.717, 1.165) is 16.3 Å². The lowest BCUT2D eigenvalue weighted by molar-refractivity contribution is 1.26. The van der Waals surface area contributed by atoms with Crippen LogP contribution in [0.5, 0.6) is 0 Å². The highest BCUT2D eigenvalue weighted by molar-refractivity contribution is 7.09. The molecule has 2 heteroatoms. The Bertz CT molecular complexity index is 377. The molecule has 0 aromatic carbocycles. The van der Waals surface area contributed by atoms with Crippen molar-refractivity contribution in [3.63, 3.8) is 0 Å². The topological polar surface area (TPSA) is 12.9 Å². The van der Waals surface area contributed by atoms with Crippen LogP contribution >= 0.6 is 11.3 Å². The van der Waals surface area contributed by atoms with E-state index in [1.807, 2.05) is 31.4 Å². The molecule has 0 unspecified atom stereocenters. The zero-order valence-electron chi connectivity index (χ0n) is 7.74. The van der Waals surface area contributed by atoms with Gasteiger partial charge >= 0.3 is 0 Å². The van der Waals surface area contributed by atoms with Gasteiger partial charge in [-0.3, -0.25) is 0 Å². The van der Waals surface area contributed by atoms with Crippen molar-refractivity contribution in [2.45, 2.75) is 13.8 Å². The maximum Gasteiger partial charge on any atom is 0.0901 e. The maximum atomic E-state index is 5.13. The number of aromatic nitrogens is 1. The summed E-state index contributed by atoms with van der Waals surface area (Å²) in [5, 5.41) is 3.11. The average Bonchev–Trinajstić information content (AvgIpc) is 2.54. The Balaban J connectivity index is 2.93. The quantitative estimate of drug-likeness (QED) is 0.514. The van der Waals surface area contributed by atoms with Gasteiger partial charge in [0.1, 0.15) is 0 Å². The van der Waals surface area contributed by atoms with Crippen molar-refractivity contribution in [3.8, 4) is 12.3 Å². The molecule has 0 saturated carbocycles. The van der Waals surface area contributed by atoms with Crippen LogP contribution in [-0.4, -0.2) is 4.98 Å². The fourth-order valence-corrected chi connectivity index (χ4v) is 1.59. The predicted octanol–water partition coefficient (Wildman–Crippen LogP) is 3.04. The zero-order valence-corrected chi connectivity index (χ0v) is 8.56. The molecule has 1 rings (SSSR count). The van der Waals surface area contributed by atoms with Gasteiger partial charge in [0.05, 0.1) is 10.7 Å². The van der Waals surface area contributed by atoms with Crippen LogP contribution in [0.25, 0.3) is 5.57 Å². The summed E-state index contributed by atoms with van der Waals surface area (Å²) in [4.78, 5) is 4.37. The second kappa shape index (κ2) is 4.64. The summed E-state index contributed by atoms with van der Waals surface area (Å²) in [6.45, 7) is 3.97. The van der Waals surface area contributed by atoms with E-state index < -0.39 is 0 Å². The molecule has 0 spiro atoms. The summed E-state index contributed by atoms with van der Waals surface area (Å²) in [6, 6.07) is 0. The molecular weight excluding hydrogens is 178 g/mol. The van der Waals surface area contributed by atoms with Gasteiger partial charge in [-0.25, -0.2) is 4.98 Å². The molecule has 0 N–H and O–H groups in total. The number of rotatable bonds is 2. The van der Waals surface area contributed by atoms with Crippen molar-refractivity contribution in [2.24, 2.45) is 0 Å². The Hall–Kier alpha value is -1.33. The van der Waals surface area contributed by atoms with Crippen LogP contribution < -0.4 is 0 Å². The summed E-state index contributed by atoms with van der Waals surface area (Å²) < 4.78 is 0. The van der Waals surface area contributed by atoms with E-state index in [-0.39, 0.29) is 0 Å². The van der Waals surface area contributed by atoms with E-state index >= 15 is 0 Å². The van der Waals surface area contributed by atoms with Crippen LogP contribution in [0.1, 0.15) is 17.6 Å². The molecular formula is C11H11NS. The van der Waals surface area contributed by atoms with E-state index in [9.17, 15) is 0 Å². The highest BCUT2D eigenvalue weighted by Crippen LogP contribution is 2.18. The van der Waals surface area contributed by atoms with Crippen molar-refractivity contribution in [2.75, 3.05) is 0 Å². The Morgan fingerprint density at radius 1 is 1.69 bits per heavy atom. The molecule has 0 amide bonds. The number of aryl methyl sites for hydroxylation is 1. The van der Waals surface area contributed by atoms with Gasteiger partial charge in [-0.05, 0) is 31.6 Å². The number of thiazole rings is 1. The third-order valence-electron chi connectivity index (χ3n) is 1.58. The van der Waals surface area contributed by atoms with Crippen molar-refractivity contribution in [3.05, 3.63) is 34.3 Å². The molecule has 0 fully saturated rings. The summed E-state index contributed by atoms with van der Waals surface area (Å²) in [6.07, 6.45) is 10.7. The lowest BCUT2D eigenvalue weighted by Crippen LogP contribution is -1.80. The summed E-state index contributed by atoms with van der Waals surface area (Å²) in [5.41, 5.74) is 2.07. The lowest BCUT2D eigenvalue weighted by Gasteiger charge is -1.93. The van der Waals surface area contributed by atoms with Crippen molar-refractivity contribution >= 4 is 16.9 Å². The molecule has 0 aliphatic carbocycles. The molecule has 0 bridgehead atoms. The molecule has 0 aliphatic rings. The first-order valence-electron chi connectivity index (χ1n) is 3.99. The van der Waals surface area contributed by atoms with E-state index in [1.54, 1.807) is 17.4 Å². The van der Waals surface area contributed by atoms with Gasteiger partial charge in [-0.2, -0.15) is 0 Å². The smallest absolute Gasteiger partial charge is 0.0901 e. The highest BCUT2D eigenvalue weighted by atomic mass is 32.1. The van der Waals surface area contributed by atoms with Gasteiger partial charge in [0.25, 0.3) is 0 Å². The van der Waals surface area contributed by atoms with Crippen LogP contribution in [0.4, 0.5) is 0 Å². The minimum Gasteiger partial charge on any atom is -0.242 e. The van der Waals surface area contributed by atoms with E-state index in [4.69, 9.17) is 6.42 Å². The average molecular weight is 189 g/mol. The molecule has 0 saturated heterocycles. The number of nitrogens with zero attached hydrogens (tertiary/aromatic N) is 1. The van der Waals surface area contributed by atoms with Gasteiger partial charge < -0.3 is 0 Å². The standard InChI is InChI=1S/C11H11NS/c1-4-6-7-10(5-2)11-8-13-9(3)12-11/h1,5-8H,2-3H3/b7-6-,10-5+. The number of terminal acetylenes is 1. The second-order valence-corrected chi connectivity index (χ2v) is 3.56. The van der Waals surface area contributed by atoms with Gasteiger partial charge in [-0.15, -0.1) is 17.8 Å². The number of hydrogen-bond donors (Lipinski definition) is 0. The predicted molar refractivity (Wildman–Crippen MR) is 58.5 cm³/mol. The zero-order chi connectivity index (χ0) is 9.68. The molecule has 1 aromatic rings. The number of hydrogen-bond acceptors (Lipinski definition) is 2. The maximum absolute atomic E-state index is 5.13. The minimum atomic E-state index is 0.997. The molecule has 0 radical (unpaired) electrons. The van der Waals surface area contributed by atoms with E-state index in [1.165, 1.54) is 0 Å². The summed E-state index contributed by atoms with van der Waals surface area (Å²) in [7, 11) is 0. The summed E-state index contributed by atoms with van der Waals surface area (Å²) in [5.74, 6) is 2.46. The molecule has 0 atom stereocenters. The Labute approximate surface area is 82.8 Å². The lowest BCUT2D eigenvalue weighted by atomic mass is 10.2. The van der Waals surface area contributed by atoms with Crippen LogP contribution in [0.15, 0.2) is 23.6 Å². The van der Waals surface area contributed by atoms with Gasteiger partial charge in [0.2, 0.25) is 0 Å². The SMILES string of the molecule is C#C/C=C\C(=C/C)c1csc(C)n1. The van der Waals surface area contributed by atoms with Gasteiger partial charge in [-0.1, -0.05) is 12.0 Å². The first-order chi connectivity index (χ1) is 6.27. The Morgan fingerprint density at radius 2 is 2.46 bits per heavy atom. The molecule has 1 heterocycles. The monoisotopic (exact) mass is 189 g/mol. The largest absolute Gasteiger partial charge is 0.242 e. The van der Waals surface area contributed by atoms with E-state index in [0.29, 0.717) is 0 Å². The number of allylic oxidation sites excluding steroid dienone is 4.